The van der Waals surface area contributed by atoms with Crippen molar-refractivity contribution in [3.63, 3.8) is 0 Å². The van der Waals surface area contributed by atoms with Gasteiger partial charge in [0.15, 0.2) is 0 Å². The average molecular weight is 519 g/mol. The van der Waals surface area contributed by atoms with E-state index < -0.39 is 15.8 Å². The van der Waals surface area contributed by atoms with E-state index in [2.05, 4.69) is 21.2 Å². The Hall–Kier alpha value is -2.71. The number of hydrogen-bond acceptors (Lipinski definition) is 3. The van der Waals surface area contributed by atoms with Crippen molar-refractivity contribution >= 4 is 37.5 Å². The molecule has 8 heteroatoms. The Morgan fingerprint density at radius 3 is 2.31 bits per heavy atom. The minimum atomic E-state index is -3.72. The molecule has 0 heterocycles. The van der Waals surface area contributed by atoms with Crippen LogP contribution < -0.4 is 9.62 Å². The fourth-order valence-corrected chi connectivity index (χ4v) is 4.46. The summed E-state index contributed by atoms with van der Waals surface area (Å²) in [5.74, 6) is -0.685. The van der Waals surface area contributed by atoms with Crippen LogP contribution in [0, 0.1) is 5.82 Å². The van der Waals surface area contributed by atoms with Gasteiger partial charge in [-0.1, -0.05) is 65.3 Å². The van der Waals surface area contributed by atoms with Crippen LogP contribution in [0.4, 0.5) is 10.1 Å². The first kappa shape index (κ1) is 23.9. The quantitative estimate of drug-likeness (QED) is 0.451. The largest absolute Gasteiger partial charge is 0.351 e. The van der Waals surface area contributed by atoms with Crippen LogP contribution in [0.15, 0.2) is 77.3 Å². The summed E-state index contributed by atoms with van der Waals surface area (Å²) in [5, 5.41) is 2.92. The van der Waals surface area contributed by atoms with E-state index in [-0.39, 0.29) is 24.1 Å². The molecule has 0 aliphatic heterocycles. The van der Waals surface area contributed by atoms with Crippen LogP contribution in [0.25, 0.3) is 0 Å². The van der Waals surface area contributed by atoms with Gasteiger partial charge < -0.3 is 5.32 Å². The molecule has 0 unspecified atom stereocenters. The van der Waals surface area contributed by atoms with Crippen LogP contribution in [0.3, 0.4) is 0 Å². The van der Waals surface area contributed by atoms with Crippen molar-refractivity contribution in [1.29, 1.82) is 0 Å². The third kappa shape index (κ3) is 6.17. The highest BCUT2D eigenvalue weighted by molar-refractivity contribution is 9.10. The Balaban J connectivity index is 1.69. The number of halogens is 2. The molecule has 1 N–H and O–H groups in total. The third-order valence-electron chi connectivity index (χ3n) is 5.06. The summed E-state index contributed by atoms with van der Waals surface area (Å²) < 4.78 is 40.5. The van der Waals surface area contributed by atoms with Crippen molar-refractivity contribution in [2.24, 2.45) is 0 Å². The van der Waals surface area contributed by atoms with Crippen molar-refractivity contribution in [2.75, 3.05) is 17.1 Å². The monoisotopic (exact) mass is 518 g/mol. The fourth-order valence-electron chi connectivity index (χ4n) is 3.24. The predicted octanol–water partition coefficient (Wildman–Crippen LogP) is 5.09. The van der Waals surface area contributed by atoms with E-state index in [1.54, 1.807) is 30.3 Å². The second-order valence-electron chi connectivity index (χ2n) is 7.58. The van der Waals surface area contributed by atoms with E-state index in [1.807, 2.05) is 37.3 Å². The lowest BCUT2D eigenvalue weighted by atomic mass is 10.0. The minimum Gasteiger partial charge on any atom is -0.351 e. The van der Waals surface area contributed by atoms with Crippen molar-refractivity contribution in [3.8, 4) is 0 Å². The van der Waals surface area contributed by atoms with Crippen LogP contribution in [-0.2, 0) is 16.6 Å². The van der Waals surface area contributed by atoms with E-state index in [0.717, 1.165) is 16.1 Å². The van der Waals surface area contributed by atoms with Gasteiger partial charge in [-0.25, -0.2) is 12.8 Å². The number of nitrogens with one attached hydrogen (secondary N) is 1. The SMILES string of the molecule is C[C@H](CNC(=O)c1ccc(CN(c2ccc(Br)cc2F)S(C)(=O)=O)cc1)c1ccccc1. The number of rotatable bonds is 8. The number of carbonyl (C=O) groups is 1. The van der Waals surface area contributed by atoms with Crippen molar-refractivity contribution in [3.05, 3.63) is 99.8 Å². The number of amides is 1. The Morgan fingerprint density at radius 2 is 1.72 bits per heavy atom. The number of carbonyl (C=O) groups excluding carboxylic acids is 1. The second kappa shape index (κ2) is 10.3. The maximum absolute atomic E-state index is 14.4. The highest BCUT2D eigenvalue weighted by Gasteiger charge is 2.21. The van der Waals surface area contributed by atoms with Gasteiger partial charge >= 0.3 is 0 Å². The standard InChI is InChI=1S/C24H24BrFN2O3S/c1-17(19-6-4-3-5-7-19)15-27-24(29)20-10-8-18(9-11-20)16-28(32(2,30)31)23-13-12-21(25)14-22(23)26/h3-14,17H,15-16H2,1-2H3,(H,27,29)/t17-/m1/s1. The lowest BCUT2D eigenvalue weighted by Crippen LogP contribution is -2.30. The zero-order chi connectivity index (χ0) is 23.3. The van der Waals surface area contributed by atoms with Gasteiger partial charge in [-0.3, -0.25) is 9.10 Å². The van der Waals surface area contributed by atoms with Gasteiger partial charge in [0.05, 0.1) is 18.5 Å². The summed E-state index contributed by atoms with van der Waals surface area (Å²) in [6.07, 6.45) is 1.03. The highest BCUT2D eigenvalue weighted by atomic mass is 79.9. The molecule has 168 valence electrons. The van der Waals surface area contributed by atoms with Gasteiger partial charge in [0.2, 0.25) is 10.0 Å². The molecule has 1 atom stereocenters. The molecule has 5 nitrogen and oxygen atoms in total. The zero-order valence-electron chi connectivity index (χ0n) is 17.8. The molecule has 0 saturated carbocycles. The molecule has 0 aliphatic rings. The van der Waals surface area contributed by atoms with Gasteiger partial charge in [0.1, 0.15) is 5.82 Å². The Morgan fingerprint density at radius 1 is 1.06 bits per heavy atom. The molecule has 0 bridgehead atoms. The fraction of sp³-hybridized carbons (Fsp3) is 0.208. The van der Waals surface area contributed by atoms with E-state index in [4.69, 9.17) is 0 Å². The zero-order valence-corrected chi connectivity index (χ0v) is 20.2. The molecular formula is C24H24BrFN2O3S. The summed E-state index contributed by atoms with van der Waals surface area (Å²) >= 11 is 3.17. The lowest BCUT2D eigenvalue weighted by Gasteiger charge is -2.23. The second-order valence-corrected chi connectivity index (χ2v) is 10.4. The molecule has 3 aromatic rings. The van der Waals surface area contributed by atoms with E-state index in [9.17, 15) is 17.6 Å². The Bertz CT molecular complexity index is 1190. The van der Waals surface area contributed by atoms with Gasteiger partial charge in [-0.2, -0.15) is 0 Å². The lowest BCUT2D eigenvalue weighted by molar-refractivity contribution is 0.0951. The summed E-state index contributed by atoms with van der Waals surface area (Å²) in [7, 11) is -3.72. The van der Waals surface area contributed by atoms with E-state index in [1.165, 1.54) is 12.1 Å². The molecule has 0 fully saturated rings. The van der Waals surface area contributed by atoms with Gasteiger partial charge in [0, 0.05) is 16.6 Å². The number of benzene rings is 3. The first-order chi connectivity index (χ1) is 15.1. The molecule has 3 aromatic carbocycles. The topological polar surface area (TPSA) is 66.5 Å². The van der Waals surface area contributed by atoms with Crippen LogP contribution in [0.5, 0.6) is 0 Å². The van der Waals surface area contributed by atoms with Gasteiger partial charge in [0.25, 0.3) is 5.91 Å². The average Bonchev–Trinajstić information content (AvgIpc) is 2.76. The summed E-state index contributed by atoms with van der Waals surface area (Å²) in [6, 6.07) is 20.8. The van der Waals surface area contributed by atoms with Gasteiger partial charge in [-0.05, 0) is 47.4 Å². The highest BCUT2D eigenvalue weighted by Crippen LogP contribution is 2.27. The summed E-state index contributed by atoms with van der Waals surface area (Å²) in [4.78, 5) is 12.5. The molecular weight excluding hydrogens is 495 g/mol. The smallest absolute Gasteiger partial charge is 0.251 e. The predicted molar refractivity (Wildman–Crippen MR) is 129 cm³/mol. The summed E-state index contributed by atoms with van der Waals surface area (Å²) in [6.45, 7) is 2.49. The van der Waals surface area contributed by atoms with Crippen LogP contribution in [0.1, 0.15) is 34.3 Å². The van der Waals surface area contributed by atoms with Crippen molar-refractivity contribution < 1.29 is 17.6 Å². The van der Waals surface area contributed by atoms with Crippen molar-refractivity contribution in [2.45, 2.75) is 19.4 Å². The maximum atomic E-state index is 14.4. The number of nitrogens with zero attached hydrogens (tertiary/aromatic N) is 1. The molecule has 1 amide bonds. The molecule has 0 spiro atoms. The molecule has 3 rings (SSSR count). The minimum absolute atomic E-state index is 0.0348. The molecule has 0 aliphatic carbocycles. The van der Waals surface area contributed by atoms with Crippen LogP contribution in [-0.4, -0.2) is 27.1 Å². The molecule has 0 saturated heterocycles. The molecule has 0 aromatic heterocycles. The van der Waals surface area contributed by atoms with E-state index >= 15 is 0 Å². The van der Waals surface area contributed by atoms with Crippen molar-refractivity contribution in [1.82, 2.24) is 5.32 Å². The first-order valence-corrected chi connectivity index (χ1v) is 12.6. The molecule has 32 heavy (non-hydrogen) atoms. The van der Waals surface area contributed by atoms with Crippen LogP contribution in [0.2, 0.25) is 0 Å². The van der Waals surface area contributed by atoms with E-state index in [0.29, 0.717) is 22.1 Å². The van der Waals surface area contributed by atoms with Gasteiger partial charge in [-0.15, -0.1) is 0 Å². The number of anilines is 1. The maximum Gasteiger partial charge on any atom is 0.251 e. The Labute approximate surface area is 196 Å². The first-order valence-electron chi connectivity index (χ1n) is 10.00. The molecule has 0 radical (unpaired) electrons. The normalized spacial score (nSPS) is 12.2. The Kier molecular flexibility index (Phi) is 7.69. The third-order valence-corrected chi connectivity index (χ3v) is 6.68. The van der Waals surface area contributed by atoms with Crippen LogP contribution >= 0.6 is 15.9 Å². The number of sulfonamides is 1. The number of hydrogen-bond donors (Lipinski definition) is 1. The summed E-state index contributed by atoms with van der Waals surface area (Å²) in [5.41, 5.74) is 2.21.